The molecule has 0 aliphatic rings. The summed E-state index contributed by atoms with van der Waals surface area (Å²) in [4.78, 5) is 0. The van der Waals surface area contributed by atoms with Crippen molar-refractivity contribution < 1.29 is 9.13 Å². The van der Waals surface area contributed by atoms with Crippen molar-refractivity contribution in [3.05, 3.63) is 60.0 Å². The van der Waals surface area contributed by atoms with E-state index in [-0.39, 0.29) is 11.6 Å². The van der Waals surface area contributed by atoms with Crippen LogP contribution in [0.25, 0.3) is 10.9 Å². The number of benzene rings is 2. The number of nitrogens with two attached hydrogens (primary N) is 1. The molecule has 0 aliphatic carbocycles. The number of hydrogen-bond donors (Lipinski definition) is 1. The van der Waals surface area contributed by atoms with Crippen LogP contribution >= 0.6 is 0 Å². The highest BCUT2D eigenvalue weighted by Gasteiger charge is 2.10. The van der Waals surface area contributed by atoms with Gasteiger partial charge in [-0.2, -0.15) is 0 Å². The molecule has 0 spiro atoms. The molecule has 1 aromatic heterocycles. The first-order valence-corrected chi connectivity index (χ1v) is 6.35. The van der Waals surface area contributed by atoms with E-state index in [0.29, 0.717) is 17.8 Å². The van der Waals surface area contributed by atoms with E-state index in [2.05, 4.69) is 0 Å². The molecule has 3 aromatic rings. The highest BCUT2D eigenvalue weighted by Crippen LogP contribution is 2.24. The van der Waals surface area contributed by atoms with Crippen molar-refractivity contribution in [3.63, 3.8) is 0 Å². The van der Waals surface area contributed by atoms with Gasteiger partial charge in [0.2, 0.25) is 0 Å². The van der Waals surface area contributed by atoms with Gasteiger partial charge in [-0.25, -0.2) is 4.39 Å². The van der Waals surface area contributed by atoms with Gasteiger partial charge in [-0.1, -0.05) is 18.2 Å². The maximum atomic E-state index is 14.2. The van der Waals surface area contributed by atoms with Crippen molar-refractivity contribution in [2.75, 3.05) is 12.8 Å². The minimum absolute atomic E-state index is 0.262. The second kappa shape index (κ2) is 4.89. The summed E-state index contributed by atoms with van der Waals surface area (Å²) >= 11 is 0. The third kappa shape index (κ3) is 2.09. The van der Waals surface area contributed by atoms with Gasteiger partial charge in [0.05, 0.1) is 19.2 Å². The summed E-state index contributed by atoms with van der Waals surface area (Å²) < 4.78 is 21.2. The van der Waals surface area contributed by atoms with Crippen LogP contribution in [-0.2, 0) is 6.54 Å². The largest absolute Gasteiger partial charge is 0.494 e. The number of nitrogen functional groups attached to an aromatic ring is 1. The average Bonchev–Trinajstić information content (AvgIpc) is 2.83. The molecule has 0 saturated heterocycles. The Morgan fingerprint density at radius 1 is 1.20 bits per heavy atom. The highest BCUT2D eigenvalue weighted by molar-refractivity contribution is 5.83. The van der Waals surface area contributed by atoms with E-state index in [0.717, 1.165) is 10.9 Å². The number of nitrogens with zero attached hydrogens (tertiary/aromatic N) is 1. The maximum Gasteiger partial charge on any atom is 0.170 e. The van der Waals surface area contributed by atoms with Gasteiger partial charge in [0.25, 0.3) is 0 Å². The van der Waals surface area contributed by atoms with Gasteiger partial charge in [-0.15, -0.1) is 0 Å². The summed E-state index contributed by atoms with van der Waals surface area (Å²) in [5.74, 6) is -0.0563. The number of halogens is 1. The van der Waals surface area contributed by atoms with Crippen LogP contribution in [0.4, 0.5) is 10.1 Å². The van der Waals surface area contributed by atoms with Crippen molar-refractivity contribution in [1.82, 2.24) is 4.57 Å². The fraction of sp³-hybridized carbons (Fsp3) is 0.125. The zero-order valence-corrected chi connectivity index (χ0v) is 11.1. The molecular formula is C16H15FN2O. The maximum absolute atomic E-state index is 14.2. The topological polar surface area (TPSA) is 40.2 Å². The van der Waals surface area contributed by atoms with Crippen molar-refractivity contribution >= 4 is 16.6 Å². The molecule has 0 fully saturated rings. The summed E-state index contributed by atoms with van der Waals surface area (Å²) in [5, 5.41) is 1.09. The lowest BCUT2D eigenvalue weighted by molar-refractivity contribution is 0.383. The number of hydrogen-bond acceptors (Lipinski definition) is 2. The zero-order chi connectivity index (χ0) is 14.1. The number of rotatable bonds is 3. The highest BCUT2D eigenvalue weighted by atomic mass is 19.1. The van der Waals surface area contributed by atoms with Crippen molar-refractivity contribution in [3.8, 4) is 5.75 Å². The van der Waals surface area contributed by atoms with Gasteiger partial charge in [0.15, 0.2) is 11.6 Å². The third-order valence-electron chi connectivity index (χ3n) is 3.40. The van der Waals surface area contributed by atoms with Crippen LogP contribution in [0.3, 0.4) is 0 Å². The van der Waals surface area contributed by atoms with E-state index in [1.54, 1.807) is 18.2 Å². The van der Waals surface area contributed by atoms with E-state index in [9.17, 15) is 4.39 Å². The first-order valence-electron chi connectivity index (χ1n) is 6.35. The van der Waals surface area contributed by atoms with Crippen molar-refractivity contribution in [1.29, 1.82) is 0 Å². The smallest absolute Gasteiger partial charge is 0.170 e. The van der Waals surface area contributed by atoms with Gasteiger partial charge in [-0.05, 0) is 29.7 Å². The first kappa shape index (κ1) is 12.5. The minimum Gasteiger partial charge on any atom is -0.494 e. The van der Waals surface area contributed by atoms with E-state index in [1.807, 2.05) is 35.0 Å². The Balaban J connectivity index is 2.03. The summed E-state index contributed by atoms with van der Waals surface area (Å²) in [6.45, 7) is 0.440. The van der Waals surface area contributed by atoms with Crippen LogP contribution in [0.5, 0.6) is 5.75 Å². The molecule has 0 saturated carbocycles. The van der Waals surface area contributed by atoms with Gasteiger partial charge in [-0.3, -0.25) is 0 Å². The molecule has 3 rings (SSSR count). The second-order valence-corrected chi connectivity index (χ2v) is 4.70. The van der Waals surface area contributed by atoms with Crippen LogP contribution in [0.15, 0.2) is 48.7 Å². The number of anilines is 1. The summed E-state index contributed by atoms with van der Waals surface area (Å²) in [6, 6.07) is 12.9. The van der Waals surface area contributed by atoms with Crippen LogP contribution in [0, 0.1) is 5.82 Å². The SMILES string of the molecule is COc1cccc(Cn2ccc3ccc(N)cc32)c1F. The van der Waals surface area contributed by atoms with Crippen LogP contribution in [-0.4, -0.2) is 11.7 Å². The number of ether oxygens (including phenoxy) is 1. The molecule has 0 unspecified atom stereocenters. The molecule has 0 aliphatic heterocycles. The molecule has 20 heavy (non-hydrogen) atoms. The molecule has 0 bridgehead atoms. The Bertz CT molecular complexity index is 764. The van der Waals surface area contributed by atoms with E-state index >= 15 is 0 Å². The summed E-state index contributed by atoms with van der Waals surface area (Å²) in [6.07, 6.45) is 1.93. The minimum atomic E-state index is -0.319. The Labute approximate surface area is 116 Å². The fourth-order valence-corrected chi connectivity index (χ4v) is 2.36. The number of aromatic nitrogens is 1. The Morgan fingerprint density at radius 2 is 2.05 bits per heavy atom. The Hall–Kier alpha value is -2.49. The molecule has 2 N–H and O–H groups in total. The van der Waals surface area contributed by atoms with Crippen molar-refractivity contribution in [2.24, 2.45) is 0 Å². The van der Waals surface area contributed by atoms with Gasteiger partial charge in [0.1, 0.15) is 0 Å². The predicted molar refractivity (Wildman–Crippen MR) is 78.4 cm³/mol. The lowest BCUT2D eigenvalue weighted by Gasteiger charge is -2.09. The predicted octanol–water partition coefficient (Wildman–Crippen LogP) is 3.42. The number of fused-ring (bicyclic) bond motifs is 1. The van der Waals surface area contributed by atoms with Crippen molar-refractivity contribution in [2.45, 2.75) is 6.54 Å². The summed E-state index contributed by atoms with van der Waals surface area (Å²) in [5.41, 5.74) is 8.09. The van der Waals surface area contributed by atoms with Gasteiger partial charge in [0, 0.05) is 17.4 Å². The monoisotopic (exact) mass is 270 g/mol. The second-order valence-electron chi connectivity index (χ2n) is 4.70. The molecule has 0 radical (unpaired) electrons. The standard InChI is InChI=1S/C16H15FN2O/c1-20-15-4-2-3-12(16(15)17)10-19-8-7-11-5-6-13(18)9-14(11)19/h2-9H,10,18H2,1H3. The lowest BCUT2D eigenvalue weighted by atomic mass is 10.2. The number of methoxy groups -OCH3 is 1. The van der Waals surface area contributed by atoms with Crippen LogP contribution in [0.1, 0.15) is 5.56 Å². The quantitative estimate of drug-likeness (QED) is 0.741. The molecule has 1 heterocycles. The molecule has 4 heteroatoms. The first-order chi connectivity index (χ1) is 9.69. The van der Waals surface area contributed by atoms with Gasteiger partial charge < -0.3 is 15.0 Å². The van der Waals surface area contributed by atoms with E-state index in [4.69, 9.17) is 10.5 Å². The molecule has 102 valence electrons. The molecule has 2 aromatic carbocycles. The van der Waals surface area contributed by atoms with E-state index < -0.39 is 0 Å². The fourth-order valence-electron chi connectivity index (χ4n) is 2.36. The third-order valence-corrected chi connectivity index (χ3v) is 3.40. The molecule has 0 atom stereocenters. The average molecular weight is 270 g/mol. The molecule has 0 amide bonds. The molecular weight excluding hydrogens is 255 g/mol. The van der Waals surface area contributed by atoms with Gasteiger partial charge >= 0.3 is 0 Å². The Morgan fingerprint density at radius 3 is 2.85 bits per heavy atom. The lowest BCUT2D eigenvalue weighted by Crippen LogP contribution is -2.02. The van der Waals surface area contributed by atoms with Crippen LogP contribution < -0.4 is 10.5 Å². The normalized spacial score (nSPS) is 10.9. The zero-order valence-electron chi connectivity index (χ0n) is 11.1. The van der Waals surface area contributed by atoms with Crippen LogP contribution in [0.2, 0.25) is 0 Å². The Kier molecular flexibility index (Phi) is 3.06. The molecule has 3 nitrogen and oxygen atoms in total. The summed E-state index contributed by atoms with van der Waals surface area (Å²) in [7, 11) is 1.47. The van der Waals surface area contributed by atoms with E-state index in [1.165, 1.54) is 7.11 Å².